The first-order valence-corrected chi connectivity index (χ1v) is 8.31. The molecule has 0 aromatic heterocycles. The number of rotatable bonds is 6. The molecular weight excluding hydrogens is 284 g/mol. The minimum absolute atomic E-state index is 0.150. The van der Waals surface area contributed by atoms with E-state index in [2.05, 4.69) is 61.7 Å². The Labute approximate surface area is 139 Å². The smallest absolute Gasteiger partial charge is 0.319 e. The fourth-order valence-electron chi connectivity index (χ4n) is 2.54. The van der Waals surface area contributed by atoms with Gasteiger partial charge in [0, 0.05) is 12.2 Å². The molecule has 0 aliphatic rings. The number of carbonyl (C=O) groups excluding carboxylic acids is 1. The van der Waals surface area contributed by atoms with Crippen LogP contribution >= 0.6 is 0 Å². The summed E-state index contributed by atoms with van der Waals surface area (Å²) in [5.41, 5.74) is 4.61. The average molecular weight is 310 g/mol. The first-order chi connectivity index (χ1) is 11.1. The van der Waals surface area contributed by atoms with Crippen molar-refractivity contribution in [1.82, 2.24) is 5.32 Å². The molecule has 0 unspecified atom stereocenters. The summed E-state index contributed by atoms with van der Waals surface area (Å²) < 4.78 is 0. The molecule has 2 aromatic rings. The van der Waals surface area contributed by atoms with Gasteiger partial charge >= 0.3 is 6.03 Å². The zero-order valence-electron chi connectivity index (χ0n) is 14.2. The zero-order valence-corrected chi connectivity index (χ0v) is 14.2. The van der Waals surface area contributed by atoms with E-state index in [4.69, 9.17) is 0 Å². The lowest BCUT2D eigenvalue weighted by atomic mass is 10.0. The Bertz CT molecular complexity index is 632. The van der Waals surface area contributed by atoms with Crippen molar-refractivity contribution < 1.29 is 4.79 Å². The van der Waals surface area contributed by atoms with Crippen molar-refractivity contribution in [3.8, 4) is 0 Å². The van der Waals surface area contributed by atoms with Crippen LogP contribution in [0.3, 0.4) is 0 Å². The first kappa shape index (κ1) is 17.1. The Morgan fingerprint density at radius 1 is 1.00 bits per heavy atom. The summed E-state index contributed by atoms with van der Waals surface area (Å²) >= 11 is 0. The molecule has 3 heteroatoms. The zero-order chi connectivity index (χ0) is 16.7. The molecule has 23 heavy (non-hydrogen) atoms. The molecule has 0 saturated heterocycles. The Kier molecular flexibility index (Phi) is 6.21. The normalized spacial score (nSPS) is 10.6. The highest BCUT2D eigenvalue weighted by atomic mass is 16.2. The van der Waals surface area contributed by atoms with Crippen LogP contribution in [0.2, 0.25) is 0 Å². The maximum absolute atomic E-state index is 12.1. The van der Waals surface area contributed by atoms with Gasteiger partial charge in [-0.1, -0.05) is 63.2 Å². The van der Waals surface area contributed by atoms with Gasteiger partial charge in [-0.2, -0.15) is 0 Å². The van der Waals surface area contributed by atoms with Gasteiger partial charge in [0.2, 0.25) is 0 Å². The van der Waals surface area contributed by atoms with Gasteiger partial charge in [0.25, 0.3) is 0 Å². The van der Waals surface area contributed by atoms with E-state index in [1.807, 2.05) is 18.2 Å². The number of para-hydroxylation sites is 1. The summed E-state index contributed by atoms with van der Waals surface area (Å²) in [4.78, 5) is 12.1. The molecule has 2 N–H and O–H groups in total. The molecular formula is C20H26N2O. The molecule has 0 saturated carbocycles. The summed E-state index contributed by atoms with van der Waals surface area (Å²) in [7, 11) is 0. The fourth-order valence-corrected chi connectivity index (χ4v) is 2.54. The van der Waals surface area contributed by atoms with E-state index in [-0.39, 0.29) is 6.03 Å². The second-order valence-corrected chi connectivity index (χ2v) is 6.04. The van der Waals surface area contributed by atoms with Crippen molar-refractivity contribution in [1.29, 1.82) is 0 Å². The summed E-state index contributed by atoms with van der Waals surface area (Å²) in [6.07, 6.45) is 1.89. The standard InChI is InChI=1S/C20H26N2O/c1-4-16-9-11-17(12-10-16)13-14-21-20(23)22-19-8-6-5-7-18(19)15(2)3/h5-12,15H,4,13-14H2,1-3H3,(H2,21,22,23). The Balaban J connectivity index is 1.83. The van der Waals surface area contributed by atoms with E-state index in [1.165, 1.54) is 11.1 Å². The highest BCUT2D eigenvalue weighted by molar-refractivity contribution is 5.90. The largest absolute Gasteiger partial charge is 0.338 e. The SMILES string of the molecule is CCc1ccc(CCNC(=O)Nc2ccccc2C(C)C)cc1. The van der Waals surface area contributed by atoms with Crippen LogP contribution in [0.1, 0.15) is 43.4 Å². The molecule has 2 aromatic carbocycles. The molecule has 0 spiro atoms. The third-order valence-corrected chi connectivity index (χ3v) is 3.96. The number of anilines is 1. The number of amides is 2. The lowest BCUT2D eigenvalue weighted by molar-refractivity contribution is 0.252. The van der Waals surface area contributed by atoms with Crippen molar-refractivity contribution in [2.24, 2.45) is 0 Å². The average Bonchev–Trinajstić information content (AvgIpc) is 2.56. The van der Waals surface area contributed by atoms with Crippen molar-refractivity contribution >= 4 is 11.7 Å². The predicted octanol–water partition coefficient (Wildman–Crippen LogP) is 4.74. The van der Waals surface area contributed by atoms with Crippen molar-refractivity contribution in [3.05, 3.63) is 65.2 Å². The molecule has 3 nitrogen and oxygen atoms in total. The predicted molar refractivity (Wildman–Crippen MR) is 97.1 cm³/mol. The minimum Gasteiger partial charge on any atom is -0.338 e. The monoisotopic (exact) mass is 310 g/mol. The second kappa shape index (κ2) is 8.37. The molecule has 0 radical (unpaired) electrons. The summed E-state index contributed by atoms with van der Waals surface area (Å²) in [5, 5.41) is 5.87. The number of hydrogen-bond donors (Lipinski definition) is 2. The van der Waals surface area contributed by atoms with Crippen LogP contribution in [0.25, 0.3) is 0 Å². The van der Waals surface area contributed by atoms with E-state index >= 15 is 0 Å². The summed E-state index contributed by atoms with van der Waals surface area (Å²) in [6.45, 7) is 7.02. The molecule has 122 valence electrons. The highest BCUT2D eigenvalue weighted by Gasteiger charge is 2.08. The van der Waals surface area contributed by atoms with Crippen LogP contribution in [0, 0.1) is 0 Å². The van der Waals surface area contributed by atoms with Crippen LogP contribution < -0.4 is 10.6 Å². The molecule has 2 amide bonds. The third-order valence-electron chi connectivity index (χ3n) is 3.96. The van der Waals surface area contributed by atoms with Gasteiger partial charge in [-0.05, 0) is 41.5 Å². The molecule has 0 aliphatic carbocycles. The number of carbonyl (C=O) groups is 1. The summed E-state index contributed by atoms with van der Waals surface area (Å²) in [5.74, 6) is 0.378. The highest BCUT2D eigenvalue weighted by Crippen LogP contribution is 2.23. The lowest BCUT2D eigenvalue weighted by Gasteiger charge is -2.14. The van der Waals surface area contributed by atoms with Gasteiger partial charge in [0.15, 0.2) is 0 Å². The van der Waals surface area contributed by atoms with E-state index in [1.54, 1.807) is 0 Å². The maximum atomic E-state index is 12.1. The van der Waals surface area contributed by atoms with Crippen LogP contribution in [0.5, 0.6) is 0 Å². The quantitative estimate of drug-likeness (QED) is 0.795. The molecule has 0 aliphatic heterocycles. The van der Waals surface area contributed by atoms with E-state index in [0.29, 0.717) is 12.5 Å². The van der Waals surface area contributed by atoms with Crippen LogP contribution in [-0.2, 0) is 12.8 Å². The van der Waals surface area contributed by atoms with Gasteiger partial charge in [0.1, 0.15) is 0 Å². The van der Waals surface area contributed by atoms with Gasteiger partial charge in [-0.25, -0.2) is 4.79 Å². The molecule has 0 atom stereocenters. The van der Waals surface area contributed by atoms with Crippen molar-refractivity contribution in [3.63, 3.8) is 0 Å². The molecule has 0 bridgehead atoms. The number of urea groups is 1. The Morgan fingerprint density at radius 3 is 2.30 bits per heavy atom. The minimum atomic E-state index is -0.150. The second-order valence-electron chi connectivity index (χ2n) is 6.04. The molecule has 0 heterocycles. The van der Waals surface area contributed by atoms with E-state index in [0.717, 1.165) is 24.1 Å². The third kappa shape index (κ3) is 5.13. The number of hydrogen-bond acceptors (Lipinski definition) is 1. The van der Waals surface area contributed by atoms with Crippen LogP contribution in [0.4, 0.5) is 10.5 Å². The maximum Gasteiger partial charge on any atom is 0.319 e. The molecule has 0 fully saturated rings. The molecule has 2 rings (SSSR count). The Hall–Kier alpha value is -2.29. The van der Waals surface area contributed by atoms with Gasteiger partial charge in [-0.15, -0.1) is 0 Å². The number of nitrogens with one attached hydrogen (secondary N) is 2. The topological polar surface area (TPSA) is 41.1 Å². The summed E-state index contributed by atoms with van der Waals surface area (Å²) in [6, 6.07) is 16.3. The van der Waals surface area contributed by atoms with Crippen molar-refractivity contribution in [2.45, 2.75) is 39.5 Å². The Morgan fingerprint density at radius 2 is 1.65 bits per heavy atom. The van der Waals surface area contributed by atoms with Crippen molar-refractivity contribution in [2.75, 3.05) is 11.9 Å². The van der Waals surface area contributed by atoms with Gasteiger partial charge in [0.05, 0.1) is 0 Å². The number of benzene rings is 2. The number of aryl methyl sites for hydroxylation is 1. The first-order valence-electron chi connectivity index (χ1n) is 8.31. The van der Waals surface area contributed by atoms with Crippen LogP contribution in [-0.4, -0.2) is 12.6 Å². The van der Waals surface area contributed by atoms with Crippen LogP contribution in [0.15, 0.2) is 48.5 Å². The van der Waals surface area contributed by atoms with E-state index in [9.17, 15) is 4.79 Å². The van der Waals surface area contributed by atoms with E-state index < -0.39 is 0 Å². The van der Waals surface area contributed by atoms with Gasteiger partial charge < -0.3 is 10.6 Å². The van der Waals surface area contributed by atoms with Gasteiger partial charge in [-0.3, -0.25) is 0 Å². The fraction of sp³-hybridized carbons (Fsp3) is 0.350. The lowest BCUT2D eigenvalue weighted by Crippen LogP contribution is -2.30.